The fourth-order valence-electron chi connectivity index (χ4n) is 3.21. The Labute approximate surface area is 125 Å². The third kappa shape index (κ3) is 2.70. The molecule has 3 rings (SSSR count). The largest absolute Gasteiger partial charge is 0.331 e. The highest BCUT2D eigenvalue weighted by atomic mass is 35.5. The van der Waals surface area contributed by atoms with Crippen LogP contribution in [0, 0.1) is 11.8 Å². The van der Waals surface area contributed by atoms with E-state index in [0.717, 1.165) is 34.9 Å². The average Bonchev–Trinajstić information content (AvgIpc) is 2.76. The lowest BCUT2D eigenvalue weighted by atomic mass is 9.85. The summed E-state index contributed by atoms with van der Waals surface area (Å²) in [5, 5.41) is 4.28. The van der Waals surface area contributed by atoms with Gasteiger partial charge in [0.15, 0.2) is 0 Å². The van der Waals surface area contributed by atoms with Crippen molar-refractivity contribution in [3.63, 3.8) is 0 Å². The lowest BCUT2D eigenvalue weighted by Gasteiger charge is -2.28. The second kappa shape index (κ2) is 5.74. The molecule has 0 spiro atoms. The molecule has 0 amide bonds. The molecule has 2 heterocycles. The fourth-order valence-corrected chi connectivity index (χ4v) is 3.38. The van der Waals surface area contributed by atoms with E-state index in [0.29, 0.717) is 5.92 Å². The van der Waals surface area contributed by atoms with Gasteiger partial charge in [-0.1, -0.05) is 18.5 Å². The minimum Gasteiger partial charge on any atom is -0.331 e. The van der Waals surface area contributed by atoms with Crippen LogP contribution >= 0.6 is 11.6 Å². The zero-order chi connectivity index (χ0) is 14.1. The molecule has 108 valence electrons. The molecule has 1 aliphatic rings. The molecule has 1 saturated heterocycles. The zero-order valence-electron chi connectivity index (χ0n) is 12.2. The first-order valence-electron chi connectivity index (χ1n) is 7.46. The standard InChI is InChI=1S/C16H22ClN3/c1-11(12-4-3-7-18-10-12)8-16-19-14-6-5-13(17)9-15(14)20(16)2/h5-6,9,11-12,18H,3-4,7-8,10H2,1-2H3. The summed E-state index contributed by atoms with van der Waals surface area (Å²) in [6.45, 7) is 4.68. The van der Waals surface area contributed by atoms with E-state index in [2.05, 4.69) is 23.9 Å². The molecule has 1 fully saturated rings. The molecule has 2 unspecified atom stereocenters. The first kappa shape index (κ1) is 13.9. The van der Waals surface area contributed by atoms with Crippen LogP contribution in [0.4, 0.5) is 0 Å². The molecule has 0 aliphatic carbocycles. The molecule has 1 aromatic carbocycles. The topological polar surface area (TPSA) is 29.9 Å². The van der Waals surface area contributed by atoms with Crippen molar-refractivity contribution in [1.82, 2.24) is 14.9 Å². The molecule has 4 heteroatoms. The lowest BCUT2D eigenvalue weighted by Crippen LogP contribution is -2.34. The number of fused-ring (bicyclic) bond motifs is 1. The number of halogens is 1. The quantitative estimate of drug-likeness (QED) is 0.939. The summed E-state index contributed by atoms with van der Waals surface area (Å²) in [6, 6.07) is 5.92. The average molecular weight is 292 g/mol. The highest BCUT2D eigenvalue weighted by Gasteiger charge is 2.22. The van der Waals surface area contributed by atoms with Crippen LogP contribution in [0.25, 0.3) is 11.0 Å². The van der Waals surface area contributed by atoms with E-state index in [1.807, 2.05) is 18.2 Å². The molecule has 2 atom stereocenters. The first-order chi connectivity index (χ1) is 9.65. The SMILES string of the molecule is CC(Cc1nc2ccc(Cl)cc2n1C)C1CCCNC1. The first-order valence-corrected chi connectivity index (χ1v) is 7.84. The highest BCUT2D eigenvalue weighted by Crippen LogP contribution is 2.25. The van der Waals surface area contributed by atoms with E-state index in [1.165, 1.54) is 25.2 Å². The van der Waals surface area contributed by atoms with Crippen molar-refractivity contribution in [2.45, 2.75) is 26.2 Å². The number of hydrogen-bond acceptors (Lipinski definition) is 2. The van der Waals surface area contributed by atoms with Gasteiger partial charge in [-0.2, -0.15) is 0 Å². The van der Waals surface area contributed by atoms with Gasteiger partial charge in [0, 0.05) is 18.5 Å². The Bertz CT molecular complexity index is 599. The Hall–Kier alpha value is -1.06. The number of imidazole rings is 1. The van der Waals surface area contributed by atoms with Crippen LogP contribution < -0.4 is 5.32 Å². The molecule has 1 N–H and O–H groups in total. The van der Waals surface area contributed by atoms with E-state index in [-0.39, 0.29) is 0 Å². The molecule has 3 nitrogen and oxygen atoms in total. The van der Waals surface area contributed by atoms with Gasteiger partial charge < -0.3 is 9.88 Å². The summed E-state index contributed by atoms with van der Waals surface area (Å²) in [6.07, 6.45) is 3.67. The van der Waals surface area contributed by atoms with Crippen LogP contribution in [0.3, 0.4) is 0 Å². The maximum absolute atomic E-state index is 6.08. The summed E-state index contributed by atoms with van der Waals surface area (Å²) in [5.41, 5.74) is 2.17. The zero-order valence-corrected chi connectivity index (χ0v) is 13.0. The monoisotopic (exact) mass is 291 g/mol. The second-order valence-corrected chi connectivity index (χ2v) is 6.44. The number of hydrogen-bond donors (Lipinski definition) is 1. The predicted octanol–water partition coefficient (Wildman–Crippen LogP) is 3.40. The van der Waals surface area contributed by atoms with Gasteiger partial charge in [0.05, 0.1) is 11.0 Å². The van der Waals surface area contributed by atoms with Gasteiger partial charge >= 0.3 is 0 Å². The molecule has 20 heavy (non-hydrogen) atoms. The smallest absolute Gasteiger partial charge is 0.109 e. The van der Waals surface area contributed by atoms with Gasteiger partial charge in [-0.25, -0.2) is 4.98 Å². The van der Waals surface area contributed by atoms with Gasteiger partial charge in [0.2, 0.25) is 0 Å². The van der Waals surface area contributed by atoms with E-state index in [1.54, 1.807) is 0 Å². The van der Waals surface area contributed by atoms with Crippen molar-refractivity contribution < 1.29 is 0 Å². The fraction of sp³-hybridized carbons (Fsp3) is 0.562. The minimum absolute atomic E-state index is 0.661. The summed E-state index contributed by atoms with van der Waals surface area (Å²) in [5.74, 6) is 2.60. The van der Waals surface area contributed by atoms with Gasteiger partial charge in [-0.3, -0.25) is 0 Å². The highest BCUT2D eigenvalue weighted by molar-refractivity contribution is 6.31. The van der Waals surface area contributed by atoms with Crippen LogP contribution in [0.2, 0.25) is 5.02 Å². The second-order valence-electron chi connectivity index (χ2n) is 6.01. The minimum atomic E-state index is 0.661. The Morgan fingerprint density at radius 2 is 2.35 bits per heavy atom. The maximum atomic E-state index is 6.08. The van der Waals surface area contributed by atoms with E-state index >= 15 is 0 Å². The summed E-state index contributed by atoms with van der Waals surface area (Å²) in [4.78, 5) is 4.77. The van der Waals surface area contributed by atoms with Gasteiger partial charge in [0.25, 0.3) is 0 Å². The number of nitrogens with one attached hydrogen (secondary N) is 1. The molecule has 1 aliphatic heterocycles. The Kier molecular flexibility index (Phi) is 3.99. The number of piperidine rings is 1. The molecular formula is C16H22ClN3. The summed E-state index contributed by atoms with van der Waals surface area (Å²) < 4.78 is 2.19. The molecule has 0 saturated carbocycles. The van der Waals surface area contributed by atoms with Crippen molar-refractivity contribution in [3.05, 3.63) is 29.0 Å². The van der Waals surface area contributed by atoms with Gasteiger partial charge in [-0.05, 0) is 56.0 Å². The Balaban J connectivity index is 1.81. The van der Waals surface area contributed by atoms with E-state index < -0.39 is 0 Å². The number of rotatable bonds is 3. The van der Waals surface area contributed by atoms with Crippen LogP contribution in [-0.4, -0.2) is 22.6 Å². The van der Waals surface area contributed by atoms with Crippen molar-refractivity contribution in [1.29, 1.82) is 0 Å². The van der Waals surface area contributed by atoms with Crippen molar-refractivity contribution in [2.24, 2.45) is 18.9 Å². The normalized spacial score (nSPS) is 21.2. The molecule has 1 aromatic heterocycles. The Morgan fingerprint density at radius 1 is 1.50 bits per heavy atom. The van der Waals surface area contributed by atoms with Crippen LogP contribution in [0.5, 0.6) is 0 Å². The van der Waals surface area contributed by atoms with Crippen LogP contribution in [0.15, 0.2) is 18.2 Å². The molecule has 0 bridgehead atoms. The van der Waals surface area contributed by atoms with Crippen molar-refractivity contribution in [3.8, 4) is 0 Å². The molecule has 0 radical (unpaired) electrons. The number of benzene rings is 1. The number of aromatic nitrogens is 2. The number of nitrogens with zero attached hydrogens (tertiary/aromatic N) is 2. The summed E-state index contributed by atoms with van der Waals surface area (Å²) in [7, 11) is 2.09. The van der Waals surface area contributed by atoms with Crippen LogP contribution in [-0.2, 0) is 13.5 Å². The number of aryl methyl sites for hydroxylation is 1. The van der Waals surface area contributed by atoms with Crippen LogP contribution in [0.1, 0.15) is 25.6 Å². The van der Waals surface area contributed by atoms with Gasteiger partial charge in [0.1, 0.15) is 5.82 Å². The van der Waals surface area contributed by atoms with Crippen molar-refractivity contribution >= 4 is 22.6 Å². The van der Waals surface area contributed by atoms with E-state index in [9.17, 15) is 0 Å². The Morgan fingerprint density at radius 3 is 3.10 bits per heavy atom. The summed E-state index contributed by atoms with van der Waals surface area (Å²) >= 11 is 6.08. The third-order valence-electron chi connectivity index (χ3n) is 4.58. The van der Waals surface area contributed by atoms with Crippen molar-refractivity contribution in [2.75, 3.05) is 13.1 Å². The molecular weight excluding hydrogens is 270 g/mol. The van der Waals surface area contributed by atoms with E-state index in [4.69, 9.17) is 16.6 Å². The molecule has 2 aromatic rings. The van der Waals surface area contributed by atoms with Gasteiger partial charge in [-0.15, -0.1) is 0 Å². The maximum Gasteiger partial charge on any atom is 0.109 e. The third-order valence-corrected chi connectivity index (χ3v) is 4.81. The lowest BCUT2D eigenvalue weighted by molar-refractivity contribution is 0.275. The predicted molar refractivity (Wildman–Crippen MR) is 84.2 cm³/mol.